The minimum absolute atomic E-state index is 0.0446. The second-order valence-corrected chi connectivity index (χ2v) is 33.1. The SMILES string of the molecule is C=CCC(CC=C)(CC=C)C(=O)NCCC[Si](C)(C)O[Si](C)(C)CCC[Si]1O[Si](CC(C)C)O[Si](CC(C)C)O[Si](O)(CC(C)C)O1. The topological polar surface area (TPSA) is 95.5 Å². The molecule has 0 aromatic rings. The fourth-order valence-corrected chi connectivity index (χ4v) is 27.9. The van der Waals surface area contributed by atoms with E-state index in [1.807, 2.05) is 18.2 Å². The van der Waals surface area contributed by atoms with Crippen LogP contribution in [-0.2, 0) is 25.4 Å². The van der Waals surface area contributed by atoms with E-state index in [0.29, 0.717) is 43.7 Å². The van der Waals surface area contributed by atoms with Crippen LogP contribution in [-0.4, -0.2) is 70.5 Å². The number of rotatable bonds is 23. The quantitative estimate of drug-likeness (QED) is 0.0614. The first kappa shape index (κ1) is 44.8. The molecule has 1 rings (SSSR count). The van der Waals surface area contributed by atoms with Crippen molar-refractivity contribution in [1.29, 1.82) is 0 Å². The Hall–Kier alpha value is -0.249. The number of carbonyl (C=O) groups excluding carboxylic acids is 1. The molecule has 1 atom stereocenters. The van der Waals surface area contributed by atoms with E-state index in [0.717, 1.165) is 43.1 Å². The van der Waals surface area contributed by atoms with Crippen molar-refractivity contribution in [2.24, 2.45) is 23.2 Å². The predicted molar refractivity (Wildman–Crippen MR) is 208 cm³/mol. The molecule has 2 N–H and O–H groups in total. The minimum Gasteiger partial charge on any atom is -0.455 e. The van der Waals surface area contributed by atoms with E-state index in [1.54, 1.807) is 0 Å². The number of amides is 1. The average Bonchev–Trinajstić information content (AvgIpc) is 2.88. The Labute approximate surface area is 297 Å². The van der Waals surface area contributed by atoms with E-state index in [9.17, 15) is 9.59 Å². The van der Waals surface area contributed by atoms with Gasteiger partial charge in [-0.1, -0.05) is 66.2 Å². The lowest BCUT2D eigenvalue weighted by molar-refractivity contribution is -0.130. The Kier molecular flexibility index (Phi) is 20.2. The monoisotopic (exact) mass is 758 g/mol. The molecule has 1 fully saturated rings. The molecule has 3 radical (unpaired) electrons. The molecule has 271 valence electrons. The van der Waals surface area contributed by atoms with Gasteiger partial charge in [0.05, 0.1) is 5.41 Å². The van der Waals surface area contributed by atoms with Crippen molar-refractivity contribution in [1.82, 2.24) is 5.32 Å². The average molecular weight is 759 g/mol. The van der Waals surface area contributed by atoms with Gasteiger partial charge in [-0.05, 0) is 99.8 Å². The van der Waals surface area contributed by atoms with E-state index < -0.39 is 58.7 Å². The van der Waals surface area contributed by atoms with Crippen LogP contribution in [0, 0.1) is 23.2 Å². The molecule has 47 heavy (non-hydrogen) atoms. The summed E-state index contributed by atoms with van der Waals surface area (Å²) in [4.78, 5) is 24.9. The summed E-state index contributed by atoms with van der Waals surface area (Å²) in [6.45, 7) is 34.3. The Balaban J connectivity index is 2.81. The van der Waals surface area contributed by atoms with Crippen LogP contribution in [0.15, 0.2) is 38.0 Å². The summed E-state index contributed by atoms with van der Waals surface area (Å²) in [7, 11) is -12.4. The number of hydrogen-bond donors (Lipinski definition) is 2. The molecule has 14 heteroatoms. The third-order valence-electron chi connectivity index (χ3n) is 7.86. The molecular formula is C33H68NO7Si6. The second-order valence-electron chi connectivity index (χ2n) is 15.6. The molecule has 0 aromatic carbocycles. The van der Waals surface area contributed by atoms with Gasteiger partial charge in [-0.15, -0.1) is 19.7 Å². The molecule has 1 heterocycles. The zero-order chi connectivity index (χ0) is 35.9. The van der Waals surface area contributed by atoms with Gasteiger partial charge in [-0.3, -0.25) is 4.79 Å². The van der Waals surface area contributed by atoms with Gasteiger partial charge in [0.25, 0.3) is 0 Å². The Morgan fingerprint density at radius 2 is 1.28 bits per heavy atom. The Morgan fingerprint density at radius 3 is 1.77 bits per heavy atom. The van der Waals surface area contributed by atoms with E-state index in [-0.39, 0.29) is 11.8 Å². The van der Waals surface area contributed by atoms with E-state index >= 15 is 0 Å². The molecule has 0 bridgehead atoms. The molecule has 1 amide bonds. The van der Waals surface area contributed by atoms with Gasteiger partial charge in [-0.25, -0.2) is 0 Å². The Morgan fingerprint density at radius 1 is 0.809 bits per heavy atom. The third kappa shape index (κ3) is 18.0. The number of allylic oxidation sites excluding steroid dienone is 3. The maximum absolute atomic E-state index is 13.2. The normalized spacial score (nSPS) is 19.6. The first-order valence-corrected chi connectivity index (χ1v) is 30.4. The highest BCUT2D eigenvalue weighted by Gasteiger charge is 2.48. The van der Waals surface area contributed by atoms with Crippen LogP contribution in [0.3, 0.4) is 0 Å². The number of nitrogens with one attached hydrogen (secondary N) is 1. The van der Waals surface area contributed by atoms with Crippen LogP contribution in [0.5, 0.6) is 0 Å². The van der Waals surface area contributed by atoms with E-state index in [2.05, 4.69) is 92.8 Å². The number of hydrogen-bond acceptors (Lipinski definition) is 7. The standard InChI is InChI=1S/C33H68NO7Si6/c1-14-19-33(20-15-2,21-16-3)32(35)34-22-17-24-45(10,11)41-46(12,13)25-18-23-42-37-43(26-29(4)5)38-44(27-30(6)7)40-47(36,39-42)28-31(8)9/h14-16,29-31,36H,1-3,17-28H2,4-13H3,(H,34,35). The van der Waals surface area contributed by atoms with Crippen molar-refractivity contribution >= 4 is 59.2 Å². The van der Waals surface area contributed by atoms with Crippen molar-refractivity contribution in [2.45, 2.75) is 136 Å². The van der Waals surface area contributed by atoms with Gasteiger partial charge in [0.2, 0.25) is 5.91 Å². The highest BCUT2D eigenvalue weighted by atomic mass is 28.5. The number of carbonyl (C=O) groups is 1. The van der Waals surface area contributed by atoms with Crippen molar-refractivity contribution in [3.63, 3.8) is 0 Å². The van der Waals surface area contributed by atoms with Crippen LogP contribution < -0.4 is 5.32 Å². The highest BCUT2D eigenvalue weighted by molar-refractivity contribution is 6.85. The molecular weight excluding hydrogens is 691 g/mol. The molecule has 1 saturated heterocycles. The van der Waals surface area contributed by atoms with Gasteiger partial charge in [0, 0.05) is 12.6 Å². The van der Waals surface area contributed by atoms with Crippen LogP contribution in [0.4, 0.5) is 0 Å². The fourth-order valence-electron chi connectivity index (χ4n) is 6.00. The maximum atomic E-state index is 13.2. The summed E-state index contributed by atoms with van der Waals surface area (Å²) in [5.74, 6) is 1.17. The van der Waals surface area contributed by atoms with Gasteiger partial charge in [-0.2, -0.15) is 0 Å². The molecule has 0 aromatic heterocycles. The minimum atomic E-state index is -3.43. The lowest BCUT2D eigenvalue weighted by Crippen LogP contribution is -2.57. The van der Waals surface area contributed by atoms with Gasteiger partial charge >= 0.3 is 36.7 Å². The smallest absolute Gasteiger partial charge is 0.455 e. The zero-order valence-electron chi connectivity index (χ0n) is 31.5. The molecule has 1 aliphatic heterocycles. The van der Waals surface area contributed by atoms with Crippen LogP contribution >= 0.6 is 0 Å². The largest absolute Gasteiger partial charge is 0.480 e. The van der Waals surface area contributed by atoms with Crippen molar-refractivity contribution in [3.8, 4) is 0 Å². The van der Waals surface area contributed by atoms with E-state index in [4.69, 9.17) is 20.6 Å². The molecule has 1 aliphatic rings. The lowest BCUT2D eigenvalue weighted by atomic mass is 9.77. The molecule has 8 nitrogen and oxygen atoms in total. The van der Waals surface area contributed by atoms with Crippen molar-refractivity contribution in [2.75, 3.05) is 6.54 Å². The molecule has 1 unspecified atom stereocenters. The van der Waals surface area contributed by atoms with Crippen LogP contribution in [0.25, 0.3) is 0 Å². The summed E-state index contributed by atoms with van der Waals surface area (Å²) >= 11 is 0. The predicted octanol–water partition coefficient (Wildman–Crippen LogP) is 8.47. The fraction of sp³-hybridized carbons (Fsp3) is 0.788. The summed E-state index contributed by atoms with van der Waals surface area (Å²) in [6.07, 6.45) is 9.03. The summed E-state index contributed by atoms with van der Waals surface area (Å²) < 4.78 is 33.2. The third-order valence-corrected chi connectivity index (χ3v) is 27.8. The summed E-state index contributed by atoms with van der Waals surface area (Å²) in [6, 6.07) is 4.96. The summed E-state index contributed by atoms with van der Waals surface area (Å²) in [5.41, 5.74) is -0.561. The van der Waals surface area contributed by atoms with Crippen molar-refractivity contribution in [3.05, 3.63) is 38.0 Å². The first-order valence-electron chi connectivity index (χ1n) is 17.6. The van der Waals surface area contributed by atoms with Crippen LogP contribution in [0.2, 0.25) is 62.5 Å². The lowest BCUT2D eigenvalue weighted by Gasteiger charge is -2.38. The highest BCUT2D eigenvalue weighted by Crippen LogP contribution is 2.33. The van der Waals surface area contributed by atoms with E-state index in [1.165, 1.54) is 0 Å². The van der Waals surface area contributed by atoms with Crippen molar-refractivity contribution < 1.29 is 30.2 Å². The molecule has 0 spiro atoms. The van der Waals surface area contributed by atoms with Gasteiger partial charge in [0.1, 0.15) is 0 Å². The Bertz CT molecular complexity index is 941. The van der Waals surface area contributed by atoms with Gasteiger partial charge in [0.15, 0.2) is 16.6 Å². The van der Waals surface area contributed by atoms with Crippen LogP contribution in [0.1, 0.15) is 73.6 Å². The molecule has 0 aliphatic carbocycles. The van der Waals surface area contributed by atoms with Gasteiger partial charge < -0.3 is 30.7 Å². The summed E-state index contributed by atoms with van der Waals surface area (Å²) in [5, 5.41) is 3.18. The molecule has 0 saturated carbocycles. The zero-order valence-corrected chi connectivity index (χ0v) is 37.5. The maximum Gasteiger partial charge on any atom is 0.480 e. The second kappa shape index (κ2) is 21.2. The first-order chi connectivity index (χ1) is 21.8.